The predicted molar refractivity (Wildman–Crippen MR) is 125 cm³/mol. The van der Waals surface area contributed by atoms with E-state index in [1.54, 1.807) is 25.1 Å². The van der Waals surface area contributed by atoms with Gasteiger partial charge in [-0.15, -0.1) is 0 Å². The first-order chi connectivity index (χ1) is 16.9. The SMILES string of the molecule is C[C@]12C=CC(=O)C=C1[C@@H](F)C[C@H]1[C@@H]3CC[C@](OC(=O)c4ccccc4)(C(=O)CO)[C@@]3(C)C[C@H](O)[C@@]12F. The maximum Gasteiger partial charge on any atom is 0.339 e. The molecule has 5 rings (SSSR count). The second-order valence-corrected chi connectivity index (χ2v) is 11.1. The Hall–Kier alpha value is -2.71. The van der Waals surface area contributed by atoms with Gasteiger partial charge in [-0.3, -0.25) is 9.59 Å². The number of carbonyl (C=O) groups is 3. The molecule has 2 N–H and O–H groups in total. The number of benzene rings is 1. The largest absolute Gasteiger partial charge is 0.447 e. The van der Waals surface area contributed by atoms with Crippen LogP contribution in [0.4, 0.5) is 8.78 Å². The molecule has 3 saturated carbocycles. The molecule has 36 heavy (non-hydrogen) atoms. The molecule has 0 aromatic heterocycles. The van der Waals surface area contributed by atoms with Gasteiger partial charge in [0.15, 0.2) is 17.1 Å². The maximum absolute atomic E-state index is 17.2. The molecule has 6 nitrogen and oxygen atoms in total. The fraction of sp³-hybridized carbons (Fsp3) is 0.536. The van der Waals surface area contributed by atoms with E-state index < -0.39 is 70.4 Å². The van der Waals surface area contributed by atoms with Gasteiger partial charge in [-0.25, -0.2) is 13.6 Å². The molecule has 0 radical (unpaired) electrons. The van der Waals surface area contributed by atoms with Crippen molar-refractivity contribution in [2.75, 3.05) is 6.61 Å². The third kappa shape index (κ3) is 3.03. The molecule has 0 unspecified atom stereocenters. The topological polar surface area (TPSA) is 101 Å². The molecule has 1 aromatic rings. The van der Waals surface area contributed by atoms with Crippen LogP contribution in [0.25, 0.3) is 0 Å². The van der Waals surface area contributed by atoms with Gasteiger partial charge in [0.25, 0.3) is 0 Å². The number of ketones is 2. The van der Waals surface area contributed by atoms with E-state index in [-0.39, 0.29) is 36.8 Å². The van der Waals surface area contributed by atoms with Crippen molar-refractivity contribution in [3.63, 3.8) is 0 Å². The smallest absolute Gasteiger partial charge is 0.339 e. The summed E-state index contributed by atoms with van der Waals surface area (Å²) in [6, 6.07) is 8.10. The number of rotatable bonds is 4. The Morgan fingerprint density at radius 1 is 1.17 bits per heavy atom. The number of hydrogen-bond donors (Lipinski definition) is 2. The van der Waals surface area contributed by atoms with Crippen molar-refractivity contribution in [2.24, 2.45) is 22.7 Å². The van der Waals surface area contributed by atoms with E-state index in [9.17, 15) is 24.6 Å². The van der Waals surface area contributed by atoms with Gasteiger partial charge < -0.3 is 14.9 Å². The van der Waals surface area contributed by atoms with Gasteiger partial charge in [0.2, 0.25) is 5.78 Å². The van der Waals surface area contributed by atoms with Gasteiger partial charge in [0.1, 0.15) is 12.8 Å². The number of allylic oxidation sites excluding steroid dienone is 4. The molecule has 0 amide bonds. The molecule has 0 bridgehead atoms. The number of aliphatic hydroxyl groups excluding tert-OH is 2. The Morgan fingerprint density at radius 3 is 2.53 bits per heavy atom. The van der Waals surface area contributed by atoms with Gasteiger partial charge >= 0.3 is 5.97 Å². The highest BCUT2D eigenvalue weighted by atomic mass is 19.1. The molecule has 0 aliphatic heterocycles. The third-order valence-corrected chi connectivity index (χ3v) is 9.62. The second kappa shape index (κ2) is 8.15. The fourth-order valence-electron chi connectivity index (χ4n) is 7.79. The zero-order chi connectivity index (χ0) is 26.1. The molecule has 0 saturated heterocycles. The van der Waals surface area contributed by atoms with Crippen LogP contribution in [0.2, 0.25) is 0 Å². The normalized spacial score (nSPS) is 43.2. The molecule has 4 aliphatic rings. The highest BCUT2D eigenvalue weighted by Crippen LogP contribution is 2.70. The Balaban J connectivity index is 1.59. The minimum Gasteiger partial charge on any atom is -0.447 e. The van der Waals surface area contributed by atoms with Gasteiger partial charge in [-0.2, -0.15) is 0 Å². The fourth-order valence-corrected chi connectivity index (χ4v) is 7.79. The molecular formula is C28H30F2O6. The lowest BCUT2D eigenvalue weighted by Gasteiger charge is -2.63. The van der Waals surface area contributed by atoms with Crippen LogP contribution in [0, 0.1) is 22.7 Å². The Bertz CT molecular complexity index is 1180. The third-order valence-electron chi connectivity index (χ3n) is 9.62. The summed E-state index contributed by atoms with van der Waals surface area (Å²) >= 11 is 0. The summed E-state index contributed by atoms with van der Waals surface area (Å²) < 4.78 is 38.7. The summed E-state index contributed by atoms with van der Waals surface area (Å²) in [7, 11) is 0. The van der Waals surface area contributed by atoms with Crippen LogP contribution < -0.4 is 0 Å². The van der Waals surface area contributed by atoms with E-state index in [1.807, 2.05) is 0 Å². The molecule has 0 spiro atoms. The van der Waals surface area contributed by atoms with Crippen molar-refractivity contribution in [3.8, 4) is 0 Å². The number of esters is 1. The van der Waals surface area contributed by atoms with Crippen molar-refractivity contribution >= 4 is 17.5 Å². The summed E-state index contributed by atoms with van der Waals surface area (Å²) in [5, 5.41) is 21.3. The average Bonchev–Trinajstić information content (AvgIpc) is 3.14. The van der Waals surface area contributed by atoms with Crippen LogP contribution in [0.1, 0.15) is 49.9 Å². The molecule has 8 heteroatoms. The maximum atomic E-state index is 17.2. The number of aliphatic hydroxyl groups is 2. The lowest BCUT2D eigenvalue weighted by atomic mass is 9.44. The highest BCUT2D eigenvalue weighted by Gasteiger charge is 2.76. The first-order valence-electron chi connectivity index (χ1n) is 12.3. The quantitative estimate of drug-likeness (QED) is 0.614. The van der Waals surface area contributed by atoms with E-state index in [1.165, 1.54) is 31.2 Å². The van der Waals surface area contributed by atoms with Crippen LogP contribution in [-0.2, 0) is 14.3 Å². The number of ether oxygens (including phenoxy) is 1. The monoisotopic (exact) mass is 500 g/mol. The first-order valence-corrected chi connectivity index (χ1v) is 12.3. The first kappa shape index (κ1) is 25.0. The van der Waals surface area contributed by atoms with Crippen LogP contribution in [0.15, 0.2) is 54.1 Å². The van der Waals surface area contributed by atoms with Gasteiger partial charge in [0, 0.05) is 16.7 Å². The summed E-state index contributed by atoms with van der Waals surface area (Å²) in [6.45, 7) is 2.27. The zero-order valence-corrected chi connectivity index (χ0v) is 20.2. The molecule has 4 aliphatic carbocycles. The Kier molecular flexibility index (Phi) is 5.65. The van der Waals surface area contributed by atoms with Crippen LogP contribution in [0.5, 0.6) is 0 Å². The van der Waals surface area contributed by atoms with Crippen molar-refractivity contribution in [2.45, 2.75) is 63.1 Å². The van der Waals surface area contributed by atoms with Gasteiger partial charge in [-0.05, 0) is 68.4 Å². The zero-order valence-electron chi connectivity index (χ0n) is 20.2. The van der Waals surface area contributed by atoms with Crippen molar-refractivity contribution in [1.82, 2.24) is 0 Å². The van der Waals surface area contributed by atoms with Crippen molar-refractivity contribution < 1.29 is 38.1 Å². The van der Waals surface area contributed by atoms with Crippen LogP contribution >= 0.6 is 0 Å². The Morgan fingerprint density at radius 2 is 1.86 bits per heavy atom. The number of Topliss-reactive ketones (excluding diaryl/α,β-unsaturated/α-hetero) is 1. The van der Waals surface area contributed by atoms with Crippen molar-refractivity contribution in [1.29, 1.82) is 0 Å². The number of fused-ring (bicyclic) bond motifs is 5. The standard InChI is InChI=1S/C28H30F2O6/c1-25-10-8-17(32)12-20(25)21(29)13-19-18-9-11-27(23(34)15-31,26(18,2)14-22(33)28(19,25)30)36-24(35)16-6-4-3-5-7-16/h3-8,10,12,18-19,21-22,31,33H,9,11,13-15H2,1-2H3/t18-,19-,21-,22-,25-,26-,27-,28-/m0/s1. The lowest BCUT2D eigenvalue weighted by Crippen LogP contribution is -2.70. The van der Waals surface area contributed by atoms with Gasteiger partial charge in [0.05, 0.1) is 11.7 Å². The van der Waals surface area contributed by atoms with Crippen LogP contribution in [-0.4, -0.2) is 57.9 Å². The molecule has 3 fully saturated rings. The van der Waals surface area contributed by atoms with E-state index in [0.29, 0.717) is 0 Å². The minimum atomic E-state index is -2.30. The summed E-state index contributed by atoms with van der Waals surface area (Å²) in [5.41, 5.74) is -6.67. The summed E-state index contributed by atoms with van der Waals surface area (Å²) in [4.78, 5) is 38.3. The molecular weight excluding hydrogens is 470 g/mol. The second-order valence-electron chi connectivity index (χ2n) is 11.1. The van der Waals surface area contributed by atoms with Gasteiger partial charge in [-0.1, -0.05) is 31.2 Å². The predicted octanol–water partition coefficient (Wildman–Crippen LogP) is 3.46. The van der Waals surface area contributed by atoms with E-state index in [4.69, 9.17) is 4.74 Å². The van der Waals surface area contributed by atoms with E-state index in [2.05, 4.69) is 0 Å². The summed E-state index contributed by atoms with van der Waals surface area (Å²) in [6.07, 6.45) is 0.200. The number of alkyl halides is 2. The molecule has 0 heterocycles. The highest BCUT2D eigenvalue weighted by molar-refractivity contribution is 6.01. The van der Waals surface area contributed by atoms with Crippen molar-refractivity contribution in [3.05, 3.63) is 59.7 Å². The molecule has 192 valence electrons. The average molecular weight is 501 g/mol. The van der Waals surface area contributed by atoms with E-state index in [0.717, 1.165) is 6.08 Å². The lowest BCUT2D eigenvalue weighted by molar-refractivity contribution is -0.222. The van der Waals surface area contributed by atoms with Crippen LogP contribution in [0.3, 0.4) is 0 Å². The number of hydrogen-bond acceptors (Lipinski definition) is 6. The molecule has 1 aromatic carbocycles. The number of halogens is 2. The number of carbonyl (C=O) groups excluding carboxylic acids is 3. The summed E-state index contributed by atoms with van der Waals surface area (Å²) in [5.74, 6) is -3.54. The minimum absolute atomic E-state index is 0.0163. The van der Waals surface area contributed by atoms with E-state index >= 15 is 8.78 Å². The molecule has 8 atom stereocenters. The Labute approximate surface area is 208 Å².